The van der Waals surface area contributed by atoms with Gasteiger partial charge in [-0.2, -0.15) is 10.2 Å². The molecular weight excluding hydrogens is 226 g/mol. The van der Waals surface area contributed by atoms with Gasteiger partial charge in [-0.25, -0.2) is 0 Å². The average molecular weight is 241 g/mol. The lowest BCUT2D eigenvalue weighted by Gasteiger charge is -2.06. The molecule has 18 heavy (non-hydrogen) atoms. The number of nitrogens with one attached hydrogen (secondary N) is 1. The lowest BCUT2D eigenvalue weighted by molar-refractivity contribution is 0.357. The third kappa shape index (κ3) is 2.49. The molecule has 0 bridgehead atoms. The summed E-state index contributed by atoms with van der Waals surface area (Å²) in [5, 5.41) is 11.3. The van der Waals surface area contributed by atoms with E-state index in [1.165, 1.54) is 11.1 Å². The molecule has 92 valence electrons. The molecule has 0 amide bonds. The molecule has 2 aromatic rings. The smallest absolute Gasteiger partial charge is 0.122 e. The molecule has 1 aromatic heterocycles. The highest BCUT2D eigenvalue weighted by Crippen LogP contribution is 2.25. The first-order chi connectivity index (χ1) is 8.92. The third-order valence-corrected chi connectivity index (χ3v) is 3.02. The van der Waals surface area contributed by atoms with Crippen LogP contribution in [0.4, 0.5) is 0 Å². The fraction of sp³-hybridized carbons (Fsp3) is 0.286. The summed E-state index contributed by atoms with van der Waals surface area (Å²) in [6.07, 6.45) is 2.71. The van der Waals surface area contributed by atoms with Crippen molar-refractivity contribution in [2.24, 2.45) is 0 Å². The first-order valence-corrected chi connectivity index (χ1v) is 6.14. The van der Waals surface area contributed by atoms with Gasteiger partial charge < -0.3 is 10.1 Å². The van der Waals surface area contributed by atoms with Crippen LogP contribution < -0.4 is 10.1 Å². The van der Waals surface area contributed by atoms with Crippen molar-refractivity contribution in [1.82, 2.24) is 15.5 Å². The van der Waals surface area contributed by atoms with Crippen molar-refractivity contribution in [2.75, 3.05) is 6.61 Å². The zero-order valence-electron chi connectivity index (χ0n) is 10.1. The van der Waals surface area contributed by atoms with Gasteiger partial charge in [0.1, 0.15) is 5.75 Å². The monoisotopic (exact) mass is 241 g/mol. The maximum absolute atomic E-state index is 5.49. The van der Waals surface area contributed by atoms with Crippen molar-refractivity contribution >= 4 is 0 Å². The fourth-order valence-electron chi connectivity index (χ4n) is 2.11. The van der Waals surface area contributed by atoms with Crippen LogP contribution in [0.15, 0.2) is 36.5 Å². The molecule has 0 saturated heterocycles. The number of hydrogen-bond acceptors (Lipinski definition) is 4. The molecular formula is C14H15N3O. The van der Waals surface area contributed by atoms with E-state index in [1.54, 1.807) is 6.20 Å². The van der Waals surface area contributed by atoms with Crippen LogP contribution in [0.1, 0.15) is 16.8 Å². The largest absolute Gasteiger partial charge is 0.493 e. The Morgan fingerprint density at radius 2 is 2.22 bits per heavy atom. The predicted molar refractivity (Wildman–Crippen MR) is 68.2 cm³/mol. The van der Waals surface area contributed by atoms with Gasteiger partial charge in [0, 0.05) is 25.7 Å². The Labute approximate surface area is 106 Å². The van der Waals surface area contributed by atoms with E-state index < -0.39 is 0 Å². The summed E-state index contributed by atoms with van der Waals surface area (Å²) in [5.41, 5.74) is 3.55. The summed E-state index contributed by atoms with van der Waals surface area (Å²) < 4.78 is 5.49. The molecule has 0 unspecified atom stereocenters. The Kier molecular flexibility index (Phi) is 3.19. The molecule has 0 saturated carbocycles. The van der Waals surface area contributed by atoms with Crippen LogP contribution in [-0.2, 0) is 19.5 Å². The van der Waals surface area contributed by atoms with Gasteiger partial charge in [-0.3, -0.25) is 0 Å². The van der Waals surface area contributed by atoms with Gasteiger partial charge in [0.05, 0.1) is 12.3 Å². The molecule has 1 N–H and O–H groups in total. The third-order valence-electron chi connectivity index (χ3n) is 3.02. The number of rotatable bonds is 4. The lowest BCUT2D eigenvalue weighted by Crippen LogP contribution is -2.13. The van der Waals surface area contributed by atoms with Gasteiger partial charge in [-0.15, -0.1) is 0 Å². The van der Waals surface area contributed by atoms with Gasteiger partial charge in [-0.1, -0.05) is 12.1 Å². The molecule has 3 rings (SSSR count). The Bertz CT molecular complexity index is 528. The van der Waals surface area contributed by atoms with Crippen LogP contribution >= 0.6 is 0 Å². The van der Waals surface area contributed by atoms with Gasteiger partial charge >= 0.3 is 0 Å². The van der Waals surface area contributed by atoms with E-state index in [0.29, 0.717) is 0 Å². The van der Waals surface area contributed by atoms with E-state index in [1.807, 2.05) is 12.1 Å². The molecule has 0 atom stereocenters. The topological polar surface area (TPSA) is 47.0 Å². The predicted octanol–water partition coefficient (Wildman–Crippen LogP) is 1.70. The van der Waals surface area contributed by atoms with Crippen LogP contribution in [0.3, 0.4) is 0 Å². The van der Waals surface area contributed by atoms with Gasteiger partial charge in [0.15, 0.2) is 0 Å². The summed E-state index contributed by atoms with van der Waals surface area (Å²) in [6, 6.07) is 10.2. The highest BCUT2D eigenvalue weighted by Gasteiger charge is 2.11. The SMILES string of the molecule is c1cnnc(CNCc2ccc3c(c2)CCO3)c1. The Balaban J connectivity index is 1.57. The maximum atomic E-state index is 5.49. The Morgan fingerprint density at radius 1 is 1.22 bits per heavy atom. The van der Waals surface area contributed by atoms with Crippen LogP contribution in [0.2, 0.25) is 0 Å². The number of hydrogen-bond donors (Lipinski definition) is 1. The van der Waals surface area contributed by atoms with Crippen molar-refractivity contribution in [1.29, 1.82) is 0 Å². The van der Waals surface area contributed by atoms with E-state index in [-0.39, 0.29) is 0 Å². The molecule has 4 heteroatoms. The summed E-state index contributed by atoms with van der Waals surface area (Å²) >= 11 is 0. The van der Waals surface area contributed by atoms with Crippen molar-refractivity contribution < 1.29 is 4.74 Å². The van der Waals surface area contributed by atoms with E-state index in [2.05, 4.69) is 33.7 Å². The number of benzene rings is 1. The van der Waals surface area contributed by atoms with Crippen LogP contribution in [0, 0.1) is 0 Å². The minimum Gasteiger partial charge on any atom is -0.493 e. The van der Waals surface area contributed by atoms with Gasteiger partial charge in [-0.05, 0) is 29.3 Å². The standard InChI is InChI=1S/C14H15N3O/c1-2-13(17-16-6-1)10-15-9-11-3-4-14-12(8-11)5-7-18-14/h1-4,6,8,15H,5,7,9-10H2. The van der Waals surface area contributed by atoms with Crippen molar-refractivity contribution in [2.45, 2.75) is 19.5 Å². The van der Waals surface area contributed by atoms with E-state index in [0.717, 1.165) is 37.6 Å². The van der Waals surface area contributed by atoms with Gasteiger partial charge in [0.2, 0.25) is 0 Å². The van der Waals surface area contributed by atoms with E-state index in [4.69, 9.17) is 4.74 Å². The van der Waals surface area contributed by atoms with E-state index >= 15 is 0 Å². The zero-order chi connectivity index (χ0) is 12.2. The first kappa shape index (κ1) is 11.2. The number of nitrogens with zero attached hydrogens (tertiary/aromatic N) is 2. The lowest BCUT2D eigenvalue weighted by atomic mass is 10.1. The second-order valence-corrected chi connectivity index (χ2v) is 4.36. The summed E-state index contributed by atoms with van der Waals surface area (Å²) in [5.74, 6) is 1.03. The normalized spacial score (nSPS) is 13.1. The minimum atomic E-state index is 0.738. The van der Waals surface area contributed by atoms with Crippen LogP contribution in [0.25, 0.3) is 0 Å². The molecule has 1 aromatic carbocycles. The second-order valence-electron chi connectivity index (χ2n) is 4.36. The zero-order valence-corrected chi connectivity index (χ0v) is 10.1. The molecule has 0 fully saturated rings. The summed E-state index contributed by atoms with van der Waals surface area (Å²) in [6.45, 7) is 2.39. The number of ether oxygens (including phenoxy) is 1. The number of aromatic nitrogens is 2. The molecule has 0 aliphatic carbocycles. The maximum Gasteiger partial charge on any atom is 0.122 e. The molecule has 2 heterocycles. The minimum absolute atomic E-state index is 0.738. The van der Waals surface area contributed by atoms with Crippen molar-refractivity contribution in [3.63, 3.8) is 0 Å². The molecule has 1 aliphatic rings. The summed E-state index contributed by atoms with van der Waals surface area (Å²) in [7, 11) is 0. The molecule has 0 radical (unpaired) electrons. The van der Waals surface area contributed by atoms with Crippen molar-refractivity contribution in [3.8, 4) is 5.75 Å². The summed E-state index contributed by atoms with van der Waals surface area (Å²) in [4.78, 5) is 0. The highest BCUT2D eigenvalue weighted by molar-refractivity contribution is 5.39. The quantitative estimate of drug-likeness (QED) is 0.885. The van der Waals surface area contributed by atoms with E-state index in [9.17, 15) is 0 Å². The second kappa shape index (κ2) is 5.14. The highest BCUT2D eigenvalue weighted by atomic mass is 16.5. The first-order valence-electron chi connectivity index (χ1n) is 6.14. The number of fused-ring (bicyclic) bond motifs is 1. The molecule has 1 aliphatic heterocycles. The Hall–Kier alpha value is -1.94. The molecule has 0 spiro atoms. The average Bonchev–Trinajstić information content (AvgIpc) is 2.87. The van der Waals surface area contributed by atoms with Gasteiger partial charge in [0.25, 0.3) is 0 Å². The van der Waals surface area contributed by atoms with Crippen LogP contribution in [0.5, 0.6) is 5.75 Å². The fourth-order valence-corrected chi connectivity index (χ4v) is 2.11. The Morgan fingerprint density at radius 3 is 3.11 bits per heavy atom. The molecule has 4 nitrogen and oxygen atoms in total. The van der Waals surface area contributed by atoms with Crippen molar-refractivity contribution in [3.05, 3.63) is 53.3 Å². The van der Waals surface area contributed by atoms with Crippen LogP contribution in [-0.4, -0.2) is 16.8 Å².